The molecular formula is C14H13F2N5OS. The summed E-state index contributed by atoms with van der Waals surface area (Å²) in [4.78, 5) is 16.3. The second-order valence-corrected chi connectivity index (χ2v) is 6.12. The lowest BCUT2D eigenvalue weighted by molar-refractivity contribution is 0.499. The minimum atomic E-state index is -0.676. The van der Waals surface area contributed by atoms with Crippen molar-refractivity contribution in [3.63, 3.8) is 0 Å². The van der Waals surface area contributed by atoms with Gasteiger partial charge in [-0.3, -0.25) is 0 Å². The molecule has 1 aromatic carbocycles. The van der Waals surface area contributed by atoms with Gasteiger partial charge in [-0.2, -0.15) is 9.36 Å². The molecule has 0 aliphatic rings. The Bertz CT molecular complexity index is 878. The van der Waals surface area contributed by atoms with Crippen LogP contribution < -0.4 is 5.69 Å². The van der Waals surface area contributed by atoms with Gasteiger partial charge in [-0.1, -0.05) is 6.07 Å². The molecule has 0 N–H and O–H groups in total. The Morgan fingerprint density at radius 1 is 1.22 bits per heavy atom. The minimum absolute atomic E-state index is 0.101. The zero-order valence-corrected chi connectivity index (χ0v) is 13.2. The van der Waals surface area contributed by atoms with Gasteiger partial charge in [0.15, 0.2) is 0 Å². The first kappa shape index (κ1) is 15.5. The maximum absolute atomic E-state index is 13.8. The van der Waals surface area contributed by atoms with E-state index < -0.39 is 11.6 Å². The van der Waals surface area contributed by atoms with E-state index in [2.05, 4.69) is 15.4 Å². The van der Waals surface area contributed by atoms with Gasteiger partial charge < -0.3 is 0 Å². The molecule has 0 bridgehead atoms. The van der Waals surface area contributed by atoms with Gasteiger partial charge in [-0.05, 0) is 36.4 Å². The summed E-state index contributed by atoms with van der Waals surface area (Å²) in [5.74, 6) is -1.35. The highest BCUT2D eigenvalue weighted by Crippen LogP contribution is 2.27. The summed E-state index contributed by atoms with van der Waals surface area (Å²) in [6.07, 6.45) is 0. The number of aromatic nitrogens is 5. The predicted molar refractivity (Wildman–Crippen MR) is 81.2 cm³/mol. The van der Waals surface area contributed by atoms with E-state index in [4.69, 9.17) is 0 Å². The van der Waals surface area contributed by atoms with E-state index in [-0.39, 0.29) is 29.5 Å². The lowest BCUT2D eigenvalue weighted by atomic mass is 10.1. The number of nitrogens with zero attached hydrogens (tertiary/aromatic N) is 5. The predicted octanol–water partition coefficient (Wildman–Crippen LogP) is 2.47. The van der Waals surface area contributed by atoms with Crippen LogP contribution in [0.3, 0.4) is 0 Å². The van der Waals surface area contributed by atoms with Crippen molar-refractivity contribution in [1.29, 1.82) is 0 Å². The largest absolute Gasteiger partial charge is 0.364 e. The molecule has 0 radical (unpaired) electrons. The standard InChI is InChI=1S/C14H13F2N5OS/c1-8(2)21-14(22)20(18-19-21)6-12-17-11(7-23-12)13-9(15)4-3-5-10(13)16/h3-5,7-8H,6H2,1-2H3. The lowest BCUT2D eigenvalue weighted by Crippen LogP contribution is -2.26. The normalized spacial score (nSPS) is 11.3. The molecule has 6 nitrogen and oxygen atoms in total. The minimum Gasteiger partial charge on any atom is -0.244 e. The maximum Gasteiger partial charge on any atom is 0.364 e. The van der Waals surface area contributed by atoms with Crippen LogP contribution in [0, 0.1) is 11.6 Å². The first-order valence-electron chi connectivity index (χ1n) is 6.88. The molecule has 0 amide bonds. The Morgan fingerprint density at radius 2 is 1.91 bits per heavy atom. The average molecular weight is 337 g/mol. The van der Waals surface area contributed by atoms with Crippen LogP contribution in [0.15, 0.2) is 28.4 Å². The summed E-state index contributed by atoms with van der Waals surface area (Å²) < 4.78 is 30.0. The smallest absolute Gasteiger partial charge is 0.244 e. The highest BCUT2D eigenvalue weighted by Gasteiger charge is 2.16. The van der Waals surface area contributed by atoms with Gasteiger partial charge in [0.1, 0.15) is 23.2 Å². The molecule has 0 aliphatic heterocycles. The summed E-state index contributed by atoms with van der Waals surface area (Å²) in [5.41, 5.74) is -0.327. The van der Waals surface area contributed by atoms with Gasteiger partial charge >= 0.3 is 5.69 Å². The van der Waals surface area contributed by atoms with Crippen LogP contribution in [-0.2, 0) is 6.54 Å². The Hall–Kier alpha value is -2.42. The molecule has 23 heavy (non-hydrogen) atoms. The summed E-state index contributed by atoms with van der Waals surface area (Å²) in [7, 11) is 0. The van der Waals surface area contributed by atoms with E-state index in [1.165, 1.54) is 38.9 Å². The van der Waals surface area contributed by atoms with E-state index in [0.717, 1.165) is 0 Å². The number of hydrogen-bond acceptors (Lipinski definition) is 5. The number of halogens is 2. The quantitative estimate of drug-likeness (QED) is 0.733. The second kappa shape index (κ2) is 5.99. The maximum atomic E-state index is 13.8. The first-order chi connectivity index (χ1) is 11.0. The van der Waals surface area contributed by atoms with Crippen molar-refractivity contribution in [3.05, 3.63) is 50.7 Å². The zero-order chi connectivity index (χ0) is 16.6. The number of rotatable bonds is 4. The SMILES string of the molecule is CC(C)n1nnn(Cc2nc(-c3c(F)cccc3F)cs2)c1=O. The number of hydrogen-bond donors (Lipinski definition) is 0. The fourth-order valence-corrected chi connectivity index (χ4v) is 2.84. The molecule has 9 heteroatoms. The van der Waals surface area contributed by atoms with Crippen LogP contribution in [0.4, 0.5) is 8.78 Å². The molecule has 0 spiro atoms. The Kier molecular flexibility index (Phi) is 4.03. The van der Waals surface area contributed by atoms with Crippen LogP contribution in [0.2, 0.25) is 0 Å². The molecule has 0 fully saturated rings. The number of thiazole rings is 1. The fourth-order valence-electron chi connectivity index (χ4n) is 2.08. The zero-order valence-electron chi connectivity index (χ0n) is 12.4. The van der Waals surface area contributed by atoms with Gasteiger partial charge in [0.25, 0.3) is 0 Å². The Balaban J connectivity index is 1.90. The Morgan fingerprint density at radius 3 is 2.52 bits per heavy atom. The average Bonchev–Trinajstić information content (AvgIpc) is 3.07. The highest BCUT2D eigenvalue weighted by atomic mass is 32.1. The van der Waals surface area contributed by atoms with Crippen LogP contribution in [0.1, 0.15) is 24.9 Å². The molecule has 2 aromatic heterocycles. The van der Waals surface area contributed by atoms with Crippen LogP contribution >= 0.6 is 11.3 Å². The van der Waals surface area contributed by atoms with Crippen LogP contribution in [0.25, 0.3) is 11.3 Å². The molecule has 120 valence electrons. The first-order valence-corrected chi connectivity index (χ1v) is 7.76. The van der Waals surface area contributed by atoms with Crippen LogP contribution in [-0.4, -0.2) is 24.8 Å². The molecule has 0 saturated heterocycles. The van der Waals surface area contributed by atoms with E-state index >= 15 is 0 Å². The summed E-state index contributed by atoms with van der Waals surface area (Å²) in [6.45, 7) is 3.75. The van der Waals surface area contributed by atoms with Crippen molar-refractivity contribution in [2.45, 2.75) is 26.4 Å². The third-order valence-corrected chi connectivity index (χ3v) is 4.04. The van der Waals surface area contributed by atoms with Crippen molar-refractivity contribution < 1.29 is 8.78 Å². The topological polar surface area (TPSA) is 65.6 Å². The van der Waals surface area contributed by atoms with E-state index in [9.17, 15) is 13.6 Å². The third-order valence-electron chi connectivity index (χ3n) is 3.21. The van der Waals surface area contributed by atoms with Gasteiger partial charge in [0, 0.05) is 5.38 Å². The lowest BCUT2D eigenvalue weighted by Gasteiger charge is -2.01. The molecule has 3 rings (SSSR count). The molecule has 2 heterocycles. The molecule has 0 unspecified atom stereocenters. The van der Waals surface area contributed by atoms with Crippen molar-refractivity contribution >= 4 is 11.3 Å². The fraction of sp³-hybridized carbons (Fsp3) is 0.286. The van der Waals surface area contributed by atoms with Gasteiger partial charge in [-0.15, -0.1) is 11.3 Å². The summed E-state index contributed by atoms with van der Waals surface area (Å²) >= 11 is 1.20. The molecule has 3 aromatic rings. The summed E-state index contributed by atoms with van der Waals surface area (Å²) in [5, 5.41) is 9.63. The Labute approximate surface area is 134 Å². The molecular weight excluding hydrogens is 324 g/mol. The number of benzene rings is 1. The van der Waals surface area contributed by atoms with E-state index in [0.29, 0.717) is 5.01 Å². The molecule has 0 saturated carbocycles. The van der Waals surface area contributed by atoms with Crippen LogP contribution in [0.5, 0.6) is 0 Å². The highest BCUT2D eigenvalue weighted by molar-refractivity contribution is 7.09. The second-order valence-electron chi connectivity index (χ2n) is 5.18. The summed E-state index contributed by atoms with van der Waals surface area (Å²) in [6, 6.07) is 3.55. The van der Waals surface area contributed by atoms with Crippen molar-refractivity contribution in [3.8, 4) is 11.3 Å². The van der Waals surface area contributed by atoms with Gasteiger partial charge in [0.05, 0.1) is 17.3 Å². The van der Waals surface area contributed by atoms with E-state index in [1.807, 2.05) is 13.8 Å². The van der Waals surface area contributed by atoms with Crippen molar-refractivity contribution in [1.82, 2.24) is 24.8 Å². The molecule has 0 atom stereocenters. The van der Waals surface area contributed by atoms with Gasteiger partial charge in [-0.25, -0.2) is 18.6 Å². The van der Waals surface area contributed by atoms with Crippen molar-refractivity contribution in [2.75, 3.05) is 0 Å². The van der Waals surface area contributed by atoms with Gasteiger partial charge in [0.2, 0.25) is 0 Å². The monoisotopic (exact) mass is 337 g/mol. The van der Waals surface area contributed by atoms with Crippen molar-refractivity contribution in [2.24, 2.45) is 0 Å². The third kappa shape index (κ3) is 2.91. The number of tetrazole rings is 1. The van der Waals surface area contributed by atoms with E-state index in [1.54, 1.807) is 5.38 Å². The molecule has 0 aliphatic carbocycles.